The Kier molecular flexibility index (Phi) is 7.07. The van der Waals surface area contributed by atoms with Crippen LogP contribution in [0.25, 0.3) is 22.2 Å². The Hall–Kier alpha value is -2.50. The Morgan fingerprint density at radius 3 is 2.47 bits per heavy atom. The first-order valence-corrected chi connectivity index (χ1v) is 12.8. The van der Waals surface area contributed by atoms with E-state index in [9.17, 15) is 4.79 Å². The number of hydrogen-bond acceptors (Lipinski definition) is 2. The molecule has 0 radical (unpaired) electrons. The molecule has 2 N–H and O–H groups in total. The molecule has 3 aromatic carbocycles. The third kappa shape index (κ3) is 5.11. The van der Waals surface area contributed by atoms with E-state index in [2.05, 4.69) is 94.0 Å². The maximum absolute atomic E-state index is 12.8. The highest BCUT2D eigenvalue weighted by atomic mass is 79.9. The Labute approximate surface area is 202 Å². The fraction of sp³-hybridized carbons (Fsp3) is 0.222. The first-order chi connectivity index (χ1) is 15.4. The smallest absolute Gasteiger partial charge is 0.220 e. The van der Waals surface area contributed by atoms with Crippen molar-refractivity contribution in [1.82, 2.24) is 10.3 Å². The van der Waals surface area contributed by atoms with Gasteiger partial charge in [0.1, 0.15) is 0 Å². The Morgan fingerprint density at radius 2 is 1.78 bits per heavy atom. The third-order valence-corrected chi connectivity index (χ3v) is 7.06. The first-order valence-electron chi connectivity index (χ1n) is 10.7. The number of carbonyl (C=O) groups is 1. The molecule has 0 aliphatic heterocycles. The van der Waals surface area contributed by atoms with Crippen LogP contribution in [0, 0.1) is 6.92 Å². The van der Waals surface area contributed by atoms with Crippen LogP contribution in [0.3, 0.4) is 0 Å². The first kappa shape index (κ1) is 22.7. The van der Waals surface area contributed by atoms with Crippen molar-refractivity contribution in [2.24, 2.45) is 0 Å². The molecule has 32 heavy (non-hydrogen) atoms. The van der Waals surface area contributed by atoms with Crippen LogP contribution in [0.5, 0.6) is 0 Å². The highest BCUT2D eigenvalue weighted by Crippen LogP contribution is 2.32. The summed E-state index contributed by atoms with van der Waals surface area (Å²) < 4.78 is 1.05. The lowest BCUT2D eigenvalue weighted by molar-refractivity contribution is -0.121. The third-order valence-electron chi connectivity index (χ3n) is 5.79. The molecule has 0 saturated carbocycles. The van der Waals surface area contributed by atoms with Crippen LogP contribution in [0.2, 0.25) is 0 Å². The maximum atomic E-state index is 12.8. The summed E-state index contributed by atoms with van der Waals surface area (Å²) in [4.78, 5) is 17.6. The summed E-state index contributed by atoms with van der Waals surface area (Å²) >= 11 is 5.24. The molecule has 4 aromatic rings. The van der Waals surface area contributed by atoms with Crippen LogP contribution in [0.4, 0.5) is 0 Å². The second-order valence-electron chi connectivity index (χ2n) is 8.10. The van der Waals surface area contributed by atoms with Gasteiger partial charge < -0.3 is 10.3 Å². The number of hydrogen-bond donors (Lipinski definition) is 2. The lowest BCUT2D eigenvalue weighted by Gasteiger charge is -2.15. The number of aromatic amines is 1. The number of halogens is 1. The fourth-order valence-electron chi connectivity index (χ4n) is 4.01. The molecule has 0 bridgehead atoms. The van der Waals surface area contributed by atoms with Gasteiger partial charge in [0.25, 0.3) is 0 Å². The van der Waals surface area contributed by atoms with Gasteiger partial charge >= 0.3 is 0 Å². The lowest BCUT2D eigenvalue weighted by Crippen LogP contribution is -2.26. The van der Waals surface area contributed by atoms with Crippen molar-refractivity contribution in [3.63, 3.8) is 0 Å². The van der Waals surface area contributed by atoms with Gasteiger partial charge in [-0.1, -0.05) is 51.8 Å². The summed E-state index contributed by atoms with van der Waals surface area (Å²) in [6, 6.07) is 23.1. The minimum atomic E-state index is -0.0189. The topological polar surface area (TPSA) is 44.9 Å². The molecule has 0 aliphatic rings. The molecule has 1 heterocycles. The van der Waals surface area contributed by atoms with Crippen LogP contribution in [0.15, 0.2) is 76.1 Å². The number of H-pyrrole nitrogens is 1. The average molecular weight is 507 g/mol. The van der Waals surface area contributed by atoms with Crippen molar-refractivity contribution in [2.75, 3.05) is 6.26 Å². The molecule has 0 spiro atoms. The summed E-state index contributed by atoms with van der Waals surface area (Å²) in [7, 11) is 0. The van der Waals surface area contributed by atoms with Gasteiger partial charge in [-0.2, -0.15) is 0 Å². The lowest BCUT2D eigenvalue weighted by atomic mass is 10.00. The number of amides is 1. The van der Waals surface area contributed by atoms with E-state index in [1.165, 1.54) is 21.4 Å². The number of carbonyl (C=O) groups excluding carboxylic acids is 1. The molecule has 4 rings (SSSR count). The van der Waals surface area contributed by atoms with Crippen molar-refractivity contribution in [2.45, 2.75) is 37.6 Å². The summed E-state index contributed by atoms with van der Waals surface area (Å²) in [5.41, 5.74) is 6.84. The minimum absolute atomic E-state index is 0.0189. The van der Waals surface area contributed by atoms with Gasteiger partial charge in [-0.3, -0.25) is 4.79 Å². The number of aryl methyl sites for hydroxylation is 2. The molecular formula is C27H27BrN2OS. The zero-order chi connectivity index (χ0) is 22.7. The molecular weight excluding hydrogens is 480 g/mol. The molecule has 1 amide bonds. The fourth-order valence-corrected chi connectivity index (χ4v) is 4.68. The van der Waals surface area contributed by atoms with E-state index in [1.54, 1.807) is 11.8 Å². The van der Waals surface area contributed by atoms with Crippen molar-refractivity contribution in [3.8, 4) is 11.3 Å². The Balaban J connectivity index is 1.53. The number of benzene rings is 3. The van der Waals surface area contributed by atoms with Crippen LogP contribution in [-0.4, -0.2) is 17.1 Å². The summed E-state index contributed by atoms with van der Waals surface area (Å²) in [5, 5.41) is 4.35. The Bertz CT molecular complexity index is 1230. The predicted octanol–water partition coefficient (Wildman–Crippen LogP) is 7.44. The maximum Gasteiger partial charge on any atom is 0.220 e. The van der Waals surface area contributed by atoms with E-state index >= 15 is 0 Å². The van der Waals surface area contributed by atoms with Crippen LogP contribution >= 0.6 is 27.7 Å². The predicted molar refractivity (Wildman–Crippen MR) is 139 cm³/mol. The summed E-state index contributed by atoms with van der Waals surface area (Å²) in [5.74, 6) is 0.0650. The monoisotopic (exact) mass is 506 g/mol. The SMILES string of the molecule is CSc1ccc([C@@H](C)NC(=O)CCc2c(-c3ccc(Br)cc3)[nH]c3ccc(C)cc23)cc1. The van der Waals surface area contributed by atoms with Gasteiger partial charge in [0.05, 0.1) is 6.04 Å². The van der Waals surface area contributed by atoms with E-state index in [-0.39, 0.29) is 11.9 Å². The molecule has 164 valence electrons. The largest absolute Gasteiger partial charge is 0.354 e. The molecule has 0 unspecified atom stereocenters. The zero-order valence-electron chi connectivity index (χ0n) is 18.5. The second-order valence-corrected chi connectivity index (χ2v) is 9.89. The van der Waals surface area contributed by atoms with Gasteiger partial charge in [-0.25, -0.2) is 0 Å². The molecule has 0 aliphatic carbocycles. The number of rotatable bonds is 7. The van der Waals surface area contributed by atoms with E-state index in [1.807, 2.05) is 19.1 Å². The van der Waals surface area contributed by atoms with Crippen molar-refractivity contribution < 1.29 is 4.79 Å². The number of thioether (sulfide) groups is 1. The number of nitrogens with one attached hydrogen (secondary N) is 2. The standard InChI is InChI=1S/C27H27BrN2OS/c1-17-4-14-25-24(16-17)23(27(30-25)20-5-9-21(28)10-6-20)13-15-26(31)29-18(2)19-7-11-22(32-3)12-8-19/h4-12,14,16,18,30H,13,15H2,1-3H3,(H,29,31)/t18-/m1/s1. The van der Waals surface area contributed by atoms with Crippen LogP contribution in [-0.2, 0) is 11.2 Å². The van der Waals surface area contributed by atoms with E-state index in [0.717, 1.165) is 26.8 Å². The van der Waals surface area contributed by atoms with E-state index < -0.39 is 0 Å². The van der Waals surface area contributed by atoms with E-state index in [0.29, 0.717) is 12.8 Å². The van der Waals surface area contributed by atoms with Crippen LogP contribution < -0.4 is 5.32 Å². The quantitative estimate of drug-likeness (QED) is 0.256. The van der Waals surface area contributed by atoms with Gasteiger partial charge in [-0.15, -0.1) is 11.8 Å². The van der Waals surface area contributed by atoms with Gasteiger partial charge in [0.2, 0.25) is 5.91 Å². The van der Waals surface area contributed by atoms with Crippen molar-refractivity contribution in [3.05, 3.63) is 87.9 Å². The number of fused-ring (bicyclic) bond motifs is 1. The zero-order valence-corrected chi connectivity index (χ0v) is 20.9. The van der Waals surface area contributed by atoms with Crippen LogP contribution in [0.1, 0.15) is 36.1 Å². The van der Waals surface area contributed by atoms with Gasteiger partial charge in [0, 0.05) is 32.4 Å². The van der Waals surface area contributed by atoms with Crippen molar-refractivity contribution in [1.29, 1.82) is 0 Å². The molecule has 1 aromatic heterocycles. The second kappa shape index (κ2) is 9.97. The molecule has 3 nitrogen and oxygen atoms in total. The van der Waals surface area contributed by atoms with Gasteiger partial charge in [-0.05, 0) is 79.6 Å². The highest BCUT2D eigenvalue weighted by molar-refractivity contribution is 9.10. The molecule has 0 saturated heterocycles. The summed E-state index contributed by atoms with van der Waals surface area (Å²) in [6.07, 6.45) is 3.19. The highest BCUT2D eigenvalue weighted by Gasteiger charge is 2.16. The molecule has 5 heteroatoms. The van der Waals surface area contributed by atoms with Gasteiger partial charge in [0.15, 0.2) is 0 Å². The normalized spacial score (nSPS) is 12.1. The Morgan fingerprint density at radius 1 is 1.06 bits per heavy atom. The number of aromatic nitrogens is 1. The minimum Gasteiger partial charge on any atom is -0.354 e. The van der Waals surface area contributed by atoms with Crippen molar-refractivity contribution >= 4 is 44.5 Å². The van der Waals surface area contributed by atoms with E-state index in [4.69, 9.17) is 0 Å². The molecule has 1 atom stereocenters. The average Bonchev–Trinajstić information content (AvgIpc) is 3.15. The summed E-state index contributed by atoms with van der Waals surface area (Å²) in [6.45, 7) is 4.14. The molecule has 0 fully saturated rings.